The van der Waals surface area contributed by atoms with E-state index in [1.54, 1.807) is 4.90 Å². The summed E-state index contributed by atoms with van der Waals surface area (Å²) in [6.45, 7) is 4.45. The maximum absolute atomic E-state index is 13.2. The Bertz CT molecular complexity index is 1060. The standard InChI is InChI=1S/C26H31N3O4S/c1-18-13-14-21(19(2)16-18)28-23(30)17-22-25(32)29(15-9-5-8-12-24(31)33-3)26(34-22)27-20-10-6-4-7-11-20/h4,6-7,10-11,13-14,16,22H,5,8-9,12,15,17H2,1-3H3,(H,28,30). The summed E-state index contributed by atoms with van der Waals surface area (Å²) in [7, 11) is 1.38. The van der Waals surface area contributed by atoms with Crippen LogP contribution in [0.1, 0.15) is 43.2 Å². The first-order chi connectivity index (χ1) is 16.4. The van der Waals surface area contributed by atoms with Crippen LogP contribution in [-0.2, 0) is 19.1 Å². The molecule has 8 heteroatoms. The molecule has 3 rings (SSSR count). The van der Waals surface area contributed by atoms with Gasteiger partial charge in [-0.2, -0.15) is 0 Å². The highest BCUT2D eigenvalue weighted by molar-refractivity contribution is 8.15. The zero-order chi connectivity index (χ0) is 24.5. The first-order valence-corrected chi connectivity index (χ1v) is 12.3. The van der Waals surface area contributed by atoms with Crippen LogP contribution in [0.15, 0.2) is 53.5 Å². The number of carbonyl (C=O) groups is 3. The lowest BCUT2D eigenvalue weighted by Crippen LogP contribution is -2.34. The lowest BCUT2D eigenvalue weighted by Gasteiger charge is -2.16. The molecule has 0 aliphatic carbocycles. The van der Waals surface area contributed by atoms with Crippen molar-refractivity contribution in [2.75, 3.05) is 19.0 Å². The molecule has 34 heavy (non-hydrogen) atoms. The van der Waals surface area contributed by atoms with Crippen molar-refractivity contribution in [2.24, 2.45) is 4.99 Å². The van der Waals surface area contributed by atoms with Gasteiger partial charge in [-0.1, -0.05) is 54.1 Å². The zero-order valence-electron chi connectivity index (χ0n) is 19.9. The quantitative estimate of drug-likeness (QED) is 0.381. The molecule has 1 atom stereocenters. The first-order valence-electron chi connectivity index (χ1n) is 11.4. The number of nitrogens with zero attached hydrogens (tertiary/aromatic N) is 2. The summed E-state index contributed by atoms with van der Waals surface area (Å²) in [6.07, 6.45) is 2.67. The van der Waals surface area contributed by atoms with Crippen LogP contribution in [0.25, 0.3) is 0 Å². The van der Waals surface area contributed by atoms with Crippen molar-refractivity contribution in [3.05, 3.63) is 59.7 Å². The summed E-state index contributed by atoms with van der Waals surface area (Å²) in [6, 6.07) is 15.3. The molecule has 1 fully saturated rings. The Kier molecular flexibility index (Phi) is 9.27. The number of aryl methyl sites for hydroxylation is 2. The lowest BCUT2D eigenvalue weighted by molar-refractivity contribution is -0.140. The maximum atomic E-state index is 13.2. The van der Waals surface area contributed by atoms with Crippen molar-refractivity contribution < 1.29 is 19.1 Å². The molecule has 2 aromatic carbocycles. The van der Waals surface area contributed by atoms with Gasteiger partial charge in [-0.15, -0.1) is 0 Å². The van der Waals surface area contributed by atoms with Gasteiger partial charge in [0, 0.05) is 25.1 Å². The van der Waals surface area contributed by atoms with E-state index in [1.807, 2.05) is 62.4 Å². The van der Waals surface area contributed by atoms with Gasteiger partial charge in [0.25, 0.3) is 0 Å². The molecule has 1 N–H and O–H groups in total. The summed E-state index contributed by atoms with van der Waals surface area (Å²) in [5.74, 6) is -0.533. The number of methoxy groups -OCH3 is 1. The van der Waals surface area contributed by atoms with E-state index in [0.717, 1.165) is 35.3 Å². The van der Waals surface area contributed by atoms with Crippen molar-refractivity contribution in [2.45, 2.75) is 51.2 Å². The second-order valence-electron chi connectivity index (χ2n) is 8.28. The molecule has 0 radical (unpaired) electrons. The fraction of sp³-hybridized carbons (Fsp3) is 0.385. The van der Waals surface area contributed by atoms with Crippen LogP contribution in [0, 0.1) is 13.8 Å². The van der Waals surface area contributed by atoms with Gasteiger partial charge in [0.05, 0.1) is 12.8 Å². The average molecular weight is 482 g/mol. The lowest BCUT2D eigenvalue weighted by atomic mass is 10.1. The minimum Gasteiger partial charge on any atom is -0.469 e. The van der Waals surface area contributed by atoms with E-state index in [2.05, 4.69) is 15.0 Å². The van der Waals surface area contributed by atoms with Gasteiger partial charge >= 0.3 is 5.97 Å². The molecule has 1 aliphatic rings. The number of ether oxygens (including phenoxy) is 1. The smallest absolute Gasteiger partial charge is 0.305 e. The molecule has 1 unspecified atom stereocenters. The monoisotopic (exact) mass is 481 g/mol. The predicted octanol–water partition coefficient (Wildman–Crippen LogP) is 5.00. The highest BCUT2D eigenvalue weighted by Crippen LogP contribution is 2.32. The Balaban J connectivity index is 1.66. The fourth-order valence-electron chi connectivity index (χ4n) is 3.69. The number of carbonyl (C=O) groups excluding carboxylic acids is 3. The summed E-state index contributed by atoms with van der Waals surface area (Å²) < 4.78 is 4.67. The van der Waals surface area contributed by atoms with Crippen molar-refractivity contribution in [3.63, 3.8) is 0 Å². The summed E-state index contributed by atoms with van der Waals surface area (Å²) in [5.41, 5.74) is 3.63. The van der Waals surface area contributed by atoms with Gasteiger partial charge < -0.3 is 10.1 Å². The van der Waals surface area contributed by atoms with E-state index in [1.165, 1.54) is 18.9 Å². The predicted molar refractivity (Wildman–Crippen MR) is 136 cm³/mol. The molecular formula is C26H31N3O4S. The Hall–Kier alpha value is -3.13. The second-order valence-corrected chi connectivity index (χ2v) is 9.45. The van der Waals surface area contributed by atoms with Gasteiger partial charge in [0.2, 0.25) is 11.8 Å². The number of para-hydroxylation sites is 1. The average Bonchev–Trinajstić information content (AvgIpc) is 3.09. The molecule has 2 amide bonds. The van der Waals surface area contributed by atoms with E-state index in [9.17, 15) is 14.4 Å². The highest BCUT2D eigenvalue weighted by Gasteiger charge is 2.38. The van der Waals surface area contributed by atoms with Gasteiger partial charge in [0.15, 0.2) is 5.17 Å². The number of amidine groups is 1. The van der Waals surface area contributed by atoms with Crippen LogP contribution in [0.4, 0.5) is 11.4 Å². The van der Waals surface area contributed by atoms with Crippen molar-refractivity contribution in [1.82, 2.24) is 4.90 Å². The Morgan fingerprint density at radius 3 is 2.56 bits per heavy atom. The Labute approximate surface area is 205 Å². The third-order valence-electron chi connectivity index (χ3n) is 5.52. The zero-order valence-corrected chi connectivity index (χ0v) is 20.7. The summed E-state index contributed by atoms with van der Waals surface area (Å²) >= 11 is 1.33. The van der Waals surface area contributed by atoms with Crippen LogP contribution in [-0.4, -0.2) is 46.8 Å². The van der Waals surface area contributed by atoms with Crippen LogP contribution in [0.5, 0.6) is 0 Å². The van der Waals surface area contributed by atoms with E-state index in [0.29, 0.717) is 24.6 Å². The maximum Gasteiger partial charge on any atom is 0.305 e. The number of hydrogen-bond acceptors (Lipinski definition) is 6. The molecule has 0 spiro atoms. The normalized spacial score (nSPS) is 16.7. The molecule has 0 saturated carbocycles. The van der Waals surface area contributed by atoms with E-state index in [4.69, 9.17) is 0 Å². The summed E-state index contributed by atoms with van der Waals surface area (Å²) in [5, 5.41) is 3.01. The summed E-state index contributed by atoms with van der Waals surface area (Å²) in [4.78, 5) is 43.6. The number of unbranched alkanes of at least 4 members (excludes halogenated alkanes) is 2. The van der Waals surface area contributed by atoms with E-state index in [-0.39, 0.29) is 24.2 Å². The van der Waals surface area contributed by atoms with Crippen molar-refractivity contribution in [1.29, 1.82) is 0 Å². The van der Waals surface area contributed by atoms with Crippen LogP contribution in [0.3, 0.4) is 0 Å². The minimum atomic E-state index is -0.525. The number of hydrogen-bond donors (Lipinski definition) is 1. The van der Waals surface area contributed by atoms with E-state index >= 15 is 0 Å². The molecule has 7 nitrogen and oxygen atoms in total. The topological polar surface area (TPSA) is 88.1 Å². The molecule has 180 valence electrons. The van der Waals surface area contributed by atoms with Crippen molar-refractivity contribution >= 4 is 46.1 Å². The number of thioether (sulfide) groups is 1. The molecule has 2 aromatic rings. The number of esters is 1. The molecule has 1 saturated heterocycles. The molecule has 0 bridgehead atoms. The van der Waals surface area contributed by atoms with Crippen molar-refractivity contribution in [3.8, 4) is 0 Å². The Morgan fingerprint density at radius 2 is 1.85 bits per heavy atom. The van der Waals surface area contributed by atoms with Gasteiger partial charge in [0.1, 0.15) is 5.25 Å². The molecular weight excluding hydrogens is 450 g/mol. The van der Waals surface area contributed by atoms with E-state index < -0.39 is 5.25 Å². The number of anilines is 1. The third kappa shape index (κ3) is 7.18. The molecule has 1 heterocycles. The van der Waals surface area contributed by atoms with Crippen LogP contribution < -0.4 is 5.32 Å². The molecule has 0 aromatic heterocycles. The van der Waals surface area contributed by atoms with Gasteiger partial charge in [-0.05, 0) is 50.5 Å². The number of rotatable bonds is 10. The van der Waals surface area contributed by atoms with Gasteiger partial charge in [-0.3, -0.25) is 19.3 Å². The van der Waals surface area contributed by atoms with Crippen LogP contribution in [0.2, 0.25) is 0 Å². The first kappa shape index (κ1) is 25.5. The second kappa shape index (κ2) is 12.4. The number of amides is 2. The fourth-order valence-corrected chi connectivity index (χ4v) is 4.87. The highest BCUT2D eigenvalue weighted by atomic mass is 32.2. The minimum absolute atomic E-state index is 0.0729. The number of nitrogens with one attached hydrogen (secondary N) is 1. The third-order valence-corrected chi connectivity index (χ3v) is 6.69. The SMILES string of the molecule is COC(=O)CCCCCN1C(=O)C(CC(=O)Nc2ccc(C)cc2C)SC1=Nc1ccccc1. The number of benzene rings is 2. The number of aliphatic imine (C=N–C) groups is 1. The largest absolute Gasteiger partial charge is 0.469 e. The van der Waals surface area contributed by atoms with Crippen LogP contribution >= 0.6 is 11.8 Å². The van der Waals surface area contributed by atoms with Gasteiger partial charge in [-0.25, -0.2) is 4.99 Å². The molecule has 1 aliphatic heterocycles. The Morgan fingerprint density at radius 1 is 1.09 bits per heavy atom.